The van der Waals surface area contributed by atoms with Crippen molar-refractivity contribution in [3.8, 4) is 5.75 Å². The standard InChI is InChI=1S/C20H25N3O6S2/c1-16(21-30(25,26)18-10-8-17(29-2)9-11-18)20(24)22-12-14-23(15-13-22)31(27,28)19-6-4-3-5-7-19/h3-11,16,21H,12-15H2,1-2H3/t16-/m0/s1. The normalized spacial score (nSPS) is 16.6. The molecule has 1 aliphatic heterocycles. The Morgan fingerprint density at radius 1 is 0.903 bits per heavy atom. The lowest BCUT2D eigenvalue weighted by Gasteiger charge is -2.35. The summed E-state index contributed by atoms with van der Waals surface area (Å²) in [5.74, 6) is 0.111. The predicted molar refractivity (Wildman–Crippen MR) is 115 cm³/mol. The van der Waals surface area contributed by atoms with Gasteiger partial charge in [0.1, 0.15) is 5.75 Å². The smallest absolute Gasteiger partial charge is 0.243 e. The van der Waals surface area contributed by atoms with Crippen molar-refractivity contribution < 1.29 is 26.4 Å². The minimum Gasteiger partial charge on any atom is -0.497 e. The first kappa shape index (κ1) is 23.2. The van der Waals surface area contributed by atoms with E-state index in [9.17, 15) is 21.6 Å². The zero-order valence-corrected chi connectivity index (χ0v) is 18.9. The molecule has 1 N–H and O–H groups in total. The number of hydrogen-bond donors (Lipinski definition) is 1. The fraction of sp³-hybridized carbons (Fsp3) is 0.350. The summed E-state index contributed by atoms with van der Waals surface area (Å²) in [6.07, 6.45) is 0. The molecule has 0 spiro atoms. The number of piperazine rings is 1. The van der Waals surface area contributed by atoms with Gasteiger partial charge < -0.3 is 9.64 Å². The molecule has 1 aliphatic rings. The molecule has 0 aliphatic carbocycles. The van der Waals surface area contributed by atoms with Crippen molar-refractivity contribution >= 4 is 26.0 Å². The highest BCUT2D eigenvalue weighted by molar-refractivity contribution is 7.89. The van der Waals surface area contributed by atoms with E-state index >= 15 is 0 Å². The lowest BCUT2D eigenvalue weighted by atomic mass is 10.2. The minimum absolute atomic E-state index is 0.0201. The fourth-order valence-corrected chi connectivity index (χ4v) is 5.91. The molecule has 3 rings (SSSR count). The summed E-state index contributed by atoms with van der Waals surface area (Å²) >= 11 is 0. The largest absolute Gasteiger partial charge is 0.497 e. The fourth-order valence-electron chi connectivity index (χ4n) is 3.27. The molecule has 2 aromatic rings. The van der Waals surface area contributed by atoms with E-state index < -0.39 is 32.0 Å². The summed E-state index contributed by atoms with van der Waals surface area (Å²) in [7, 11) is -6.05. The third-order valence-corrected chi connectivity index (χ3v) is 8.47. The Bertz CT molecular complexity index is 1110. The first-order valence-corrected chi connectivity index (χ1v) is 12.6. The highest BCUT2D eigenvalue weighted by atomic mass is 32.2. The lowest BCUT2D eigenvalue weighted by molar-refractivity contribution is -0.133. The molecule has 1 heterocycles. The molecule has 9 nitrogen and oxygen atoms in total. The summed E-state index contributed by atoms with van der Waals surface area (Å²) in [6.45, 7) is 2.11. The van der Waals surface area contributed by atoms with E-state index in [1.54, 1.807) is 18.2 Å². The van der Waals surface area contributed by atoms with Gasteiger partial charge in [-0.05, 0) is 43.3 Å². The summed E-state index contributed by atoms with van der Waals surface area (Å²) in [4.78, 5) is 14.4. The molecule has 0 unspecified atom stereocenters. The summed E-state index contributed by atoms with van der Waals surface area (Å²) in [5.41, 5.74) is 0. The van der Waals surface area contributed by atoms with E-state index in [2.05, 4.69) is 4.72 Å². The monoisotopic (exact) mass is 467 g/mol. The van der Waals surface area contributed by atoms with Gasteiger partial charge in [0, 0.05) is 26.2 Å². The second-order valence-corrected chi connectivity index (χ2v) is 10.7. The van der Waals surface area contributed by atoms with Crippen molar-refractivity contribution in [2.75, 3.05) is 33.3 Å². The number of benzene rings is 2. The van der Waals surface area contributed by atoms with Gasteiger partial charge in [0.15, 0.2) is 0 Å². The van der Waals surface area contributed by atoms with Gasteiger partial charge in [-0.15, -0.1) is 0 Å². The third-order valence-electron chi connectivity index (χ3n) is 5.00. The first-order chi connectivity index (χ1) is 14.6. The number of carbonyl (C=O) groups excluding carboxylic acids is 1. The predicted octanol–water partition coefficient (Wildman–Crippen LogP) is 0.895. The molecule has 0 saturated carbocycles. The zero-order valence-electron chi connectivity index (χ0n) is 17.3. The molecule has 1 atom stereocenters. The Labute approximate surface area is 182 Å². The average Bonchev–Trinajstić information content (AvgIpc) is 2.79. The first-order valence-electron chi connectivity index (χ1n) is 9.65. The Morgan fingerprint density at radius 3 is 2.03 bits per heavy atom. The highest BCUT2D eigenvalue weighted by Crippen LogP contribution is 2.18. The van der Waals surface area contributed by atoms with Crippen LogP contribution in [0.4, 0.5) is 0 Å². The number of nitrogens with one attached hydrogen (secondary N) is 1. The molecule has 1 amide bonds. The maximum Gasteiger partial charge on any atom is 0.243 e. The van der Waals surface area contributed by atoms with Crippen LogP contribution in [-0.2, 0) is 24.8 Å². The zero-order chi connectivity index (χ0) is 22.6. The molecule has 0 bridgehead atoms. The van der Waals surface area contributed by atoms with E-state index in [0.29, 0.717) is 5.75 Å². The van der Waals surface area contributed by atoms with Gasteiger partial charge in [0.25, 0.3) is 0 Å². The Kier molecular flexibility index (Phi) is 6.99. The molecule has 1 fully saturated rings. The van der Waals surface area contributed by atoms with Gasteiger partial charge in [0.05, 0.1) is 22.9 Å². The molecular weight excluding hydrogens is 442 g/mol. The number of carbonyl (C=O) groups is 1. The van der Waals surface area contributed by atoms with Crippen molar-refractivity contribution in [1.29, 1.82) is 0 Å². The summed E-state index contributed by atoms with van der Waals surface area (Å²) in [5, 5.41) is 0. The quantitative estimate of drug-likeness (QED) is 0.647. The minimum atomic E-state index is -3.90. The second-order valence-electron chi connectivity index (χ2n) is 7.06. The van der Waals surface area contributed by atoms with Crippen LogP contribution in [0.1, 0.15) is 6.92 Å². The lowest BCUT2D eigenvalue weighted by Crippen LogP contribution is -2.55. The van der Waals surface area contributed by atoms with Crippen molar-refractivity contribution in [3.05, 3.63) is 54.6 Å². The number of sulfonamides is 2. The number of nitrogens with zero attached hydrogens (tertiary/aromatic N) is 2. The van der Waals surface area contributed by atoms with Crippen LogP contribution in [0, 0.1) is 0 Å². The van der Waals surface area contributed by atoms with Gasteiger partial charge >= 0.3 is 0 Å². The third kappa shape index (κ3) is 5.24. The Hall–Kier alpha value is -2.47. The number of methoxy groups -OCH3 is 1. The molecule has 11 heteroatoms. The van der Waals surface area contributed by atoms with Crippen LogP contribution in [0.25, 0.3) is 0 Å². The van der Waals surface area contributed by atoms with Crippen molar-refractivity contribution in [3.63, 3.8) is 0 Å². The average molecular weight is 468 g/mol. The van der Waals surface area contributed by atoms with Crippen molar-refractivity contribution in [1.82, 2.24) is 13.9 Å². The van der Waals surface area contributed by atoms with E-state index in [0.717, 1.165) is 0 Å². The molecule has 2 aromatic carbocycles. The van der Waals surface area contributed by atoms with Gasteiger partial charge in [0.2, 0.25) is 26.0 Å². The van der Waals surface area contributed by atoms with Gasteiger partial charge in [-0.2, -0.15) is 9.03 Å². The van der Waals surface area contributed by atoms with E-state index in [-0.39, 0.29) is 36.0 Å². The summed E-state index contributed by atoms with van der Waals surface area (Å²) in [6, 6.07) is 12.9. The van der Waals surface area contributed by atoms with Crippen LogP contribution in [0.15, 0.2) is 64.4 Å². The van der Waals surface area contributed by atoms with Crippen LogP contribution in [0.3, 0.4) is 0 Å². The van der Waals surface area contributed by atoms with E-state index in [1.165, 1.54) is 59.6 Å². The Balaban J connectivity index is 1.61. The highest BCUT2D eigenvalue weighted by Gasteiger charge is 2.32. The molecule has 0 aromatic heterocycles. The SMILES string of the molecule is COc1ccc(S(=O)(=O)N[C@@H](C)C(=O)N2CCN(S(=O)(=O)c3ccccc3)CC2)cc1. The maximum atomic E-state index is 12.7. The van der Waals surface area contributed by atoms with Crippen LogP contribution in [-0.4, -0.2) is 71.3 Å². The maximum absolute atomic E-state index is 12.7. The number of rotatable bonds is 7. The molecule has 1 saturated heterocycles. The molecule has 168 valence electrons. The molecular formula is C20H25N3O6S2. The van der Waals surface area contributed by atoms with Gasteiger partial charge in [-0.25, -0.2) is 16.8 Å². The summed E-state index contributed by atoms with van der Waals surface area (Å²) < 4.78 is 59.3. The Morgan fingerprint density at radius 2 is 1.48 bits per heavy atom. The van der Waals surface area contributed by atoms with Gasteiger partial charge in [-0.1, -0.05) is 18.2 Å². The number of hydrogen-bond acceptors (Lipinski definition) is 6. The topological polar surface area (TPSA) is 113 Å². The molecule has 31 heavy (non-hydrogen) atoms. The van der Waals surface area contributed by atoms with Crippen LogP contribution >= 0.6 is 0 Å². The van der Waals surface area contributed by atoms with E-state index in [1.807, 2.05) is 0 Å². The van der Waals surface area contributed by atoms with Gasteiger partial charge in [-0.3, -0.25) is 4.79 Å². The van der Waals surface area contributed by atoms with Crippen LogP contribution in [0.2, 0.25) is 0 Å². The number of ether oxygens (including phenoxy) is 1. The second kappa shape index (κ2) is 9.35. The van der Waals surface area contributed by atoms with Crippen LogP contribution in [0.5, 0.6) is 5.75 Å². The van der Waals surface area contributed by atoms with Crippen LogP contribution < -0.4 is 9.46 Å². The van der Waals surface area contributed by atoms with Crippen molar-refractivity contribution in [2.24, 2.45) is 0 Å². The number of amides is 1. The molecule has 0 radical (unpaired) electrons. The van der Waals surface area contributed by atoms with E-state index in [4.69, 9.17) is 4.74 Å². The van der Waals surface area contributed by atoms with Crippen molar-refractivity contribution in [2.45, 2.75) is 22.8 Å².